The van der Waals surface area contributed by atoms with Crippen molar-refractivity contribution in [3.63, 3.8) is 0 Å². The van der Waals surface area contributed by atoms with Gasteiger partial charge in [-0.1, -0.05) is 26.7 Å². The van der Waals surface area contributed by atoms with Gasteiger partial charge in [-0.25, -0.2) is 13.9 Å². The predicted molar refractivity (Wildman–Crippen MR) is 77.2 cm³/mol. The van der Waals surface area contributed by atoms with Crippen LogP contribution in [0.25, 0.3) is 0 Å². The Hall–Kier alpha value is 0.404. The summed E-state index contributed by atoms with van der Waals surface area (Å²) in [5.74, 6) is -1.19. The number of carboxylic acid groups (broad SMARTS) is 1. The Labute approximate surface area is 150 Å². The molecule has 4 N–H and O–H groups in total. The van der Waals surface area contributed by atoms with E-state index in [1.54, 1.807) is 0 Å². The number of hydrogen-bond acceptors (Lipinski definition) is 7. The summed E-state index contributed by atoms with van der Waals surface area (Å²) in [4.78, 5) is 26.4. The van der Waals surface area contributed by atoms with Crippen molar-refractivity contribution in [3.8, 4) is 0 Å². The molecule has 10 nitrogen and oxygen atoms in total. The molecule has 0 atom stereocenters. The second kappa shape index (κ2) is 15.9. The quantitative estimate of drug-likeness (QED) is 0.223. The van der Waals surface area contributed by atoms with Crippen LogP contribution < -0.4 is 0 Å². The normalized spacial score (nSPS) is 11.2. The van der Waals surface area contributed by atoms with Gasteiger partial charge in [0.05, 0.1) is 13.2 Å². The van der Waals surface area contributed by atoms with Crippen LogP contribution in [0, 0.1) is 0 Å². The van der Waals surface area contributed by atoms with E-state index >= 15 is 0 Å². The third-order valence-corrected chi connectivity index (χ3v) is 4.48. The molecule has 0 aromatic heterocycles. The maximum absolute atomic E-state index is 11.8. The second-order valence-corrected chi connectivity index (χ2v) is 6.99. The minimum atomic E-state index is -4.90. The fourth-order valence-electron chi connectivity index (χ4n) is 0.856. The molecular formula is C10H24O10P2Ti. The molecule has 0 rings (SSSR count). The van der Waals surface area contributed by atoms with Gasteiger partial charge in [0.2, 0.25) is 0 Å². The third-order valence-electron chi connectivity index (χ3n) is 1.84. The molecule has 0 saturated heterocycles. The van der Waals surface area contributed by atoms with Gasteiger partial charge in [0, 0.05) is 21.7 Å². The molecule has 0 radical (unpaired) electrons. The first-order valence-electron chi connectivity index (χ1n) is 6.58. The molecule has 0 bridgehead atoms. The minimum absolute atomic E-state index is 0. The van der Waals surface area contributed by atoms with E-state index in [-0.39, 0.29) is 34.9 Å². The van der Waals surface area contributed by atoms with Crippen LogP contribution in [0.5, 0.6) is 0 Å². The number of aliphatic carboxylic acids is 1. The Kier molecular flexibility index (Phi) is 19.5. The van der Waals surface area contributed by atoms with Crippen LogP contribution in [-0.4, -0.2) is 45.8 Å². The Morgan fingerprint density at radius 3 is 1.57 bits per heavy atom. The molecule has 0 fully saturated rings. The summed E-state index contributed by atoms with van der Waals surface area (Å²) in [5, 5.41) is 15.0. The Bertz CT molecular complexity index is 372. The molecule has 0 aromatic rings. The van der Waals surface area contributed by atoms with Crippen LogP contribution in [-0.2, 0) is 49.0 Å². The topological polar surface area (TPSA) is 160 Å². The third kappa shape index (κ3) is 22.4. The molecule has 0 saturated carbocycles. The van der Waals surface area contributed by atoms with E-state index in [9.17, 15) is 9.13 Å². The van der Waals surface area contributed by atoms with Gasteiger partial charge in [-0.05, 0) is 12.8 Å². The zero-order chi connectivity index (χ0) is 17.6. The van der Waals surface area contributed by atoms with Crippen molar-refractivity contribution in [1.29, 1.82) is 0 Å². The first-order chi connectivity index (χ1) is 10.1. The number of phosphoric acid groups is 2. The summed E-state index contributed by atoms with van der Waals surface area (Å²) >= 11 is 0. The van der Waals surface area contributed by atoms with Gasteiger partial charge in [-0.3, -0.25) is 9.05 Å². The maximum atomic E-state index is 11.8. The minimum Gasteiger partial charge on any atom is -0.480 e. The van der Waals surface area contributed by atoms with Crippen molar-refractivity contribution in [3.05, 3.63) is 0 Å². The number of carbonyl (C=O) groups is 1. The van der Waals surface area contributed by atoms with Crippen LogP contribution in [0.1, 0.15) is 39.5 Å². The Morgan fingerprint density at radius 1 is 1.00 bits per heavy atom. The smallest absolute Gasteiger partial charge is 0.480 e. The predicted octanol–water partition coefficient (Wildman–Crippen LogP) is 1.90. The zero-order valence-electron chi connectivity index (χ0n) is 13.1. The van der Waals surface area contributed by atoms with Crippen LogP contribution >= 0.6 is 15.6 Å². The average Bonchev–Trinajstić information content (AvgIpc) is 2.38. The molecule has 0 aliphatic carbocycles. The van der Waals surface area contributed by atoms with Gasteiger partial charge in [-0.2, -0.15) is 4.31 Å². The summed E-state index contributed by atoms with van der Waals surface area (Å²) < 4.78 is 36.2. The van der Waals surface area contributed by atoms with Crippen molar-refractivity contribution in [2.24, 2.45) is 0 Å². The molecule has 0 spiro atoms. The Balaban J connectivity index is -0.000000578. The van der Waals surface area contributed by atoms with Crippen LogP contribution in [0.3, 0.4) is 0 Å². The number of hydrogen-bond donors (Lipinski definition) is 4. The first-order valence-corrected chi connectivity index (χ1v) is 9.58. The summed E-state index contributed by atoms with van der Waals surface area (Å²) in [7, 11) is -9.06. The van der Waals surface area contributed by atoms with E-state index in [0.29, 0.717) is 12.8 Å². The molecule has 0 aromatic carbocycles. The van der Waals surface area contributed by atoms with Gasteiger partial charge < -0.3 is 20.0 Å². The number of phosphoric ester groups is 1. The van der Waals surface area contributed by atoms with Gasteiger partial charge in [-0.15, -0.1) is 0 Å². The molecular weight excluding hydrogens is 390 g/mol. The van der Waals surface area contributed by atoms with Crippen molar-refractivity contribution >= 4 is 21.6 Å². The maximum Gasteiger partial charge on any atom is 0.483 e. The van der Waals surface area contributed by atoms with Crippen molar-refractivity contribution in [1.82, 2.24) is 0 Å². The Morgan fingerprint density at radius 2 is 1.35 bits per heavy atom. The van der Waals surface area contributed by atoms with Crippen LogP contribution in [0.2, 0.25) is 0 Å². The SMILES string of the molecule is CCCCOP(=O)(OCCCC)OP(=O)(O)O.O=C(O)CO.[Ti]. The fourth-order valence-corrected chi connectivity index (χ4v) is 3.06. The zero-order valence-corrected chi connectivity index (χ0v) is 16.4. The van der Waals surface area contributed by atoms with E-state index in [2.05, 4.69) is 4.31 Å². The number of carboxylic acids is 1. The number of aliphatic hydroxyl groups is 1. The number of unbranched alkanes of at least 4 members (excludes halogenated alkanes) is 2. The standard InChI is InChI=1S/C8H20O7P2.C2H4O3.Ti/c1-3-5-7-13-17(12,14-8-6-4-2)15-16(9,10)11;3-1-2(4)5;/h3-8H2,1-2H3,(H2,9,10,11);3H,1H2,(H,4,5);. The molecule has 0 aliphatic rings. The van der Waals surface area contributed by atoms with Crippen LogP contribution in [0.15, 0.2) is 0 Å². The van der Waals surface area contributed by atoms with E-state index < -0.39 is 28.2 Å². The second-order valence-electron chi connectivity index (χ2n) is 3.94. The van der Waals surface area contributed by atoms with Crippen LogP contribution in [0.4, 0.5) is 0 Å². The molecule has 0 aliphatic heterocycles. The monoisotopic (exact) mass is 414 g/mol. The summed E-state index contributed by atoms with van der Waals surface area (Å²) in [6, 6.07) is 0. The van der Waals surface area contributed by atoms with Crippen molar-refractivity contribution in [2.45, 2.75) is 39.5 Å². The van der Waals surface area contributed by atoms with Crippen molar-refractivity contribution < 1.29 is 69.0 Å². The van der Waals surface area contributed by atoms with E-state index in [0.717, 1.165) is 12.8 Å². The molecule has 138 valence electrons. The van der Waals surface area contributed by atoms with E-state index in [4.69, 9.17) is 33.8 Å². The van der Waals surface area contributed by atoms with Gasteiger partial charge in [0.15, 0.2) is 0 Å². The van der Waals surface area contributed by atoms with Gasteiger partial charge >= 0.3 is 21.6 Å². The summed E-state index contributed by atoms with van der Waals surface area (Å²) in [6.45, 7) is 3.16. The van der Waals surface area contributed by atoms with Crippen molar-refractivity contribution in [2.75, 3.05) is 19.8 Å². The summed E-state index contributed by atoms with van der Waals surface area (Å²) in [6.07, 6.45) is 2.80. The molecule has 0 heterocycles. The molecule has 0 unspecified atom stereocenters. The fraction of sp³-hybridized carbons (Fsp3) is 0.900. The summed E-state index contributed by atoms with van der Waals surface area (Å²) in [5.41, 5.74) is 0. The number of rotatable bonds is 11. The number of aliphatic hydroxyl groups excluding tert-OH is 1. The molecule has 0 amide bonds. The largest absolute Gasteiger partial charge is 0.483 e. The van der Waals surface area contributed by atoms with E-state index in [1.165, 1.54) is 0 Å². The van der Waals surface area contributed by atoms with Gasteiger partial charge in [0.25, 0.3) is 0 Å². The molecule has 13 heteroatoms. The van der Waals surface area contributed by atoms with E-state index in [1.807, 2.05) is 13.8 Å². The first kappa shape index (κ1) is 28.2. The average molecular weight is 414 g/mol. The van der Waals surface area contributed by atoms with Gasteiger partial charge in [0.1, 0.15) is 6.61 Å². The molecule has 23 heavy (non-hydrogen) atoms.